The third-order valence-electron chi connectivity index (χ3n) is 3.74. The Balaban J connectivity index is 1.85. The van der Waals surface area contributed by atoms with E-state index in [1.54, 1.807) is 24.3 Å². The fourth-order valence-corrected chi connectivity index (χ4v) is 3.27. The van der Waals surface area contributed by atoms with Gasteiger partial charge in [0.1, 0.15) is 0 Å². The Bertz CT molecular complexity index is 642. The Kier molecular flexibility index (Phi) is 3.70. The summed E-state index contributed by atoms with van der Waals surface area (Å²) in [5.41, 5.74) is 1.66. The molecule has 5 nitrogen and oxygen atoms in total. The van der Waals surface area contributed by atoms with Gasteiger partial charge in [-0.25, -0.2) is 0 Å². The molecule has 2 unspecified atom stereocenters. The Morgan fingerprint density at radius 1 is 1.48 bits per heavy atom. The van der Waals surface area contributed by atoms with Crippen LogP contribution in [0.1, 0.15) is 18.0 Å². The zero-order valence-electron chi connectivity index (χ0n) is 11.5. The van der Waals surface area contributed by atoms with Crippen molar-refractivity contribution in [1.82, 2.24) is 9.88 Å². The highest BCUT2D eigenvalue weighted by Crippen LogP contribution is 2.37. The number of nitrogens with zero attached hydrogens (tertiary/aromatic N) is 2. The molecule has 1 saturated heterocycles. The van der Waals surface area contributed by atoms with Crippen LogP contribution in [0.2, 0.25) is 0 Å². The van der Waals surface area contributed by atoms with Crippen LogP contribution in [0.4, 0.5) is 5.69 Å². The van der Waals surface area contributed by atoms with Crippen molar-refractivity contribution < 1.29 is 9.59 Å². The van der Waals surface area contributed by atoms with Crippen LogP contribution in [0.15, 0.2) is 41.4 Å². The molecule has 3 heterocycles. The van der Waals surface area contributed by atoms with Crippen LogP contribution >= 0.6 is 11.3 Å². The van der Waals surface area contributed by atoms with E-state index in [4.69, 9.17) is 0 Å². The minimum Gasteiger partial charge on any atom is -0.338 e. The van der Waals surface area contributed by atoms with Crippen LogP contribution in [0, 0.1) is 5.92 Å². The largest absolute Gasteiger partial charge is 0.338 e. The average molecular weight is 301 g/mol. The second kappa shape index (κ2) is 5.65. The van der Waals surface area contributed by atoms with Crippen LogP contribution in [0.5, 0.6) is 0 Å². The molecule has 6 heteroatoms. The van der Waals surface area contributed by atoms with Crippen molar-refractivity contribution in [2.75, 3.05) is 12.4 Å². The van der Waals surface area contributed by atoms with Crippen LogP contribution in [0.3, 0.4) is 0 Å². The Morgan fingerprint density at radius 2 is 2.33 bits per heavy atom. The van der Waals surface area contributed by atoms with Gasteiger partial charge in [0.05, 0.1) is 17.6 Å². The van der Waals surface area contributed by atoms with Gasteiger partial charge < -0.3 is 10.2 Å². The van der Waals surface area contributed by atoms with Crippen LogP contribution < -0.4 is 5.32 Å². The molecular formula is C15H15N3O2S. The molecule has 0 spiro atoms. The van der Waals surface area contributed by atoms with Crippen LogP contribution in [-0.2, 0) is 9.59 Å². The quantitative estimate of drug-likeness (QED) is 0.946. The van der Waals surface area contributed by atoms with E-state index in [0.29, 0.717) is 0 Å². The maximum absolute atomic E-state index is 12.5. The Morgan fingerprint density at radius 3 is 3.00 bits per heavy atom. The summed E-state index contributed by atoms with van der Waals surface area (Å²) in [5, 5.41) is 6.65. The zero-order valence-corrected chi connectivity index (χ0v) is 12.3. The lowest BCUT2D eigenvalue weighted by Crippen LogP contribution is -2.30. The number of carbonyl (C=O) groups excluding carboxylic acids is 2. The molecule has 0 radical (unpaired) electrons. The molecule has 2 aromatic heterocycles. The van der Waals surface area contributed by atoms with Gasteiger partial charge in [-0.15, -0.1) is 0 Å². The number of hydrogen-bond acceptors (Lipinski definition) is 4. The summed E-state index contributed by atoms with van der Waals surface area (Å²) in [4.78, 5) is 30.2. The second-order valence-electron chi connectivity index (χ2n) is 5.05. The van der Waals surface area contributed by atoms with Crippen molar-refractivity contribution in [2.24, 2.45) is 5.92 Å². The molecule has 1 aliphatic rings. The summed E-state index contributed by atoms with van der Waals surface area (Å²) in [6.45, 7) is 0. The van der Waals surface area contributed by atoms with E-state index in [0.717, 1.165) is 11.3 Å². The Labute approximate surface area is 126 Å². The van der Waals surface area contributed by atoms with Crippen molar-refractivity contribution in [1.29, 1.82) is 0 Å². The number of likely N-dealkylation sites (tertiary alicyclic amines) is 1. The van der Waals surface area contributed by atoms with Crippen molar-refractivity contribution in [2.45, 2.75) is 12.5 Å². The first-order valence-corrected chi connectivity index (χ1v) is 7.60. The predicted molar refractivity (Wildman–Crippen MR) is 80.8 cm³/mol. The van der Waals surface area contributed by atoms with Crippen molar-refractivity contribution >= 4 is 28.8 Å². The third-order valence-corrected chi connectivity index (χ3v) is 4.42. The number of pyridine rings is 1. The van der Waals surface area contributed by atoms with E-state index in [-0.39, 0.29) is 24.3 Å². The van der Waals surface area contributed by atoms with E-state index >= 15 is 0 Å². The van der Waals surface area contributed by atoms with Gasteiger partial charge in [-0.1, -0.05) is 6.07 Å². The average Bonchev–Trinajstić information content (AvgIpc) is 3.09. The smallest absolute Gasteiger partial charge is 0.230 e. The number of amides is 2. The molecule has 2 aromatic rings. The molecule has 21 heavy (non-hydrogen) atoms. The van der Waals surface area contributed by atoms with Crippen molar-refractivity contribution in [3.8, 4) is 0 Å². The summed E-state index contributed by atoms with van der Waals surface area (Å²) in [6.07, 6.45) is 3.62. The number of nitrogens with one attached hydrogen (secondary N) is 1. The highest BCUT2D eigenvalue weighted by atomic mass is 32.1. The highest BCUT2D eigenvalue weighted by Gasteiger charge is 2.42. The Hall–Kier alpha value is -2.21. The first-order valence-electron chi connectivity index (χ1n) is 6.65. The maximum Gasteiger partial charge on any atom is 0.230 e. The summed E-state index contributed by atoms with van der Waals surface area (Å²) < 4.78 is 0. The first-order chi connectivity index (χ1) is 10.2. The van der Waals surface area contributed by atoms with Crippen molar-refractivity contribution in [3.05, 3.63) is 46.9 Å². The molecule has 0 bridgehead atoms. The minimum atomic E-state index is -0.397. The minimum absolute atomic E-state index is 0.0191. The predicted octanol–water partition coefficient (Wildman–Crippen LogP) is 2.30. The van der Waals surface area contributed by atoms with Gasteiger partial charge in [-0.2, -0.15) is 11.3 Å². The lowest BCUT2D eigenvalue weighted by Gasteiger charge is -2.24. The lowest BCUT2D eigenvalue weighted by atomic mass is 9.94. The van der Waals surface area contributed by atoms with Gasteiger partial charge in [-0.3, -0.25) is 14.6 Å². The fraction of sp³-hybridized carbons (Fsp3) is 0.267. The molecule has 0 saturated carbocycles. The molecule has 0 aromatic carbocycles. The number of rotatable bonds is 3. The monoisotopic (exact) mass is 301 g/mol. The standard InChI is InChI=1S/C15H15N3O2S/c1-18-13(19)7-12(14(18)10-3-2-5-16-8-10)15(20)17-11-4-6-21-9-11/h2-6,8-9,12,14H,7H2,1H3,(H,17,20). The van der Waals surface area contributed by atoms with Gasteiger partial charge in [-0.05, 0) is 23.1 Å². The maximum atomic E-state index is 12.5. The molecule has 108 valence electrons. The molecule has 1 aliphatic heterocycles. The first kappa shape index (κ1) is 13.8. The SMILES string of the molecule is CN1C(=O)CC(C(=O)Nc2ccsc2)C1c1cccnc1. The number of hydrogen-bond donors (Lipinski definition) is 1. The molecule has 1 N–H and O–H groups in total. The normalized spacial score (nSPS) is 21.6. The summed E-state index contributed by atoms with van der Waals surface area (Å²) in [7, 11) is 1.73. The topological polar surface area (TPSA) is 62.3 Å². The van der Waals surface area contributed by atoms with Crippen LogP contribution in [0.25, 0.3) is 0 Å². The number of thiophene rings is 1. The van der Waals surface area contributed by atoms with Crippen LogP contribution in [-0.4, -0.2) is 28.7 Å². The van der Waals surface area contributed by atoms with Gasteiger partial charge in [0.25, 0.3) is 0 Å². The van der Waals surface area contributed by atoms with Gasteiger partial charge in [0.15, 0.2) is 0 Å². The number of aromatic nitrogens is 1. The molecule has 0 aliphatic carbocycles. The molecule has 2 atom stereocenters. The molecule has 3 rings (SSSR count). The summed E-state index contributed by atoms with van der Waals surface area (Å²) in [5.74, 6) is -0.541. The molecule has 1 fully saturated rings. The lowest BCUT2D eigenvalue weighted by molar-refractivity contribution is -0.127. The van der Waals surface area contributed by atoms with E-state index in [9.17, 15) is 9.59 Å². The van der Waals surface area contributed by atoms with Crippen molar-refractivity contribution in [3.63, 3.8) is 0 Å². The van der Waals surface area contributed by atoms with Gasteiger partial charge >= 0.3 is 0 Å². The van der Waals surface area contributed by atoms with E-state index in [2.05, 4.69) is 10.3 Å². The van der Waals surface area contributed by atoms with E-state index in [1.165, 1.54) is 11.3 Å². The van der Waals surface area contributed by atoms with E-state index < -0.39 is 5.92 Å². The summed E-state index contributed by atoms with van der Waals surface area (Å²) >= 11 is 1.52. The summed E-state index contributed by atoms with van der Waals surface area (Å²) in [6, 6.07) is 5.31. The van der Waals surface area contributed by atoms with Gasteiger partial charge in [0.2, 0.25) is 11.8 Å². The molecular weight excluding hydrogens is 286 g/mol. The number of carbonyl (C=O) groups is 2. The fourth-order valence-electron chi connectivity index (χ4n) is 2.68. The van der Waals surface area contributed by atoms with Gasteiger partial charge in [0, 0.05) is 31.2 Å². The highest BCUT2D eigenvalue weighted by molar-refractivity contribution is 7.08. The molecule has 2 amide bonds. The second-order valence-corrected chi connectivity index (χ2v) is 5.83. The third kappa shape index (κ3) is 2.67. The number of anilines is 1. The zero-order chi connectivity index (χ0) is 14.8. The van der Waals surface area contributed by atoms with E-state index in [1.807, 2.05) is 29.0 Å².